The van der Waals surface area contributed by atoms with E-state index < -0.39 is 0 Å². The van der Waals surface area contributed by atoms with Crippen LogP contribution < -0.4 is 5.32 Å². The van der Waals surface area contributed by atoms with Crippen molar-refractivity contribution in [2.24, 2.45) is 5.92 Å². The van der Waals surface area contributed by atoms with Crippen molar-refractivity contribution in [3.05, 3.63) is 70.7 Å². The van der Waals surface area contributed by atoms with Crippen LogP contribution in [0.4, 0.5) is 0 Å². The van der Waals surface area contributed by atoms with Gasteiger partial charge in [0.1, 0.15) is 0 Å². The largest absolute Gasteiger partial charge is 0.356 e. The number of halogens is 1. The number of amides is 2. The molecule has 1 fully saturated rings. The zero-order valence-corrected chi connectivity index (χ0v) is 15.6. The fourth-order valence-corrected chi connectivity index (χ4v) is 3.65. The van der Waals surface area contributed by atoms with Gasteiger partial charge in [0, 0.05) is 36.1 Å². The Morgan fingerprint density at radius 3 is 2.58 bits per heavy atom. The molecule has 1 N–H and O–H groups in total. The quantitative estimate of drug-likeness (QED) is 0.871. The number of nitrogens with one attached hydrogen (secondary N) is 1. The van der Waals surface area contributed by atoms with Crippen molar-refractivity contribution in [3.63, 3.8) is 0 Å². The second-order valence-electron chi connectivity index (χ2n) is 6.64. The van der Waals surface area contributed by atoms with E-state index in [2.05, 4.69) is 5.32 Å². The molecule has 2 aromatic carbocycles. The first-order valence-corrected chi connectivity index (χ1v) is 9.35. The maximum Gasteiger partial charge on any atom is 0.253 e. The van der Waals surface area contributed by atoms with Gasteiger partial charge < -0.3 is 10.2 Å². The molecule has 4 nitrogen and oxygen atoms in total. The minimum absolute atomic E-state index is 0.00353. The average Bonchev–Trinajstić information content (AvgIpc) is 3.11. The van der Waals surface area contributed by atoms with Gasteiger partial charge in [-0.1, -0.05) is 54.9 Å². The third-order valence-electron chi connectivity index (χ3n) is 4.79. The van der Waals surface area contributed by atoms with Gasteiger partial charge in [-0.3, -0.25) is 9.59 Å². The van der Waals surface area contributed by atoms with Crippen LogP contribution in [0.25, 0.3) is 0 Å². The van der Waals surface area contributed by atoms with Crippen LogP contribution >= 0.6 is 11.6 Å². The zero-order chi connectivity index (χ0) is 18.5. The molecule has 26 heavy (non-hydrogen) atoms. The van der Waals surface area contributed by atoms with Gasteiger partial charge >= 0.3 is 0 Å². The Bertz CT molecular complexity index is 779. The lowest BCUT2D eigenvalue weighted by Gasteiger charge is -2.17. The first-order valence-electron chi connectivity index (χ1n) is 8.97. The van der Waals surface area contributed by atoms with Crippen LogP contribution in [0.1, 0.15) is 35.2 Å². The number of likely N-dealkylation sites (tertiary alicyclic amines) is 1. The monoisotopic (exact) mass is 370 g/mol. The maximum absolute atomic E-state index is 12.9. The van der Waals surface area contributed by atoms with Crippen molar-refractivity contribution in [1.29, 1.82) is 0 Å². The Morgan fingerprint density at radius 2 is 1.88 bits per heavy atom. The molecule has 0 saturated carbocycles. The normalized spacial score (nSPS) is 19.4. The van der Waals surface area contributed by atoms with E-state index in [0.29, 0.717) is 30.2 Å². The summed E-state index contributed by atoms with van der Waals surface area (Å²) in [5, 5.41) is 3.52. The number of nitrogens with zero attached hydrogens (tertiary/aromatic N) is 1. The Kier molecular flexibility index (Phi) is 5.94. The fraction of sp³-hybridized carbons (Fsp3) is 0.333. The van der Waals surface area contributed by atoms with Gasteiger partial charge in [-0.25, -0.2) is 0 Å². The molecule has 136 valence electrons. The van der Waals surface area contributed by atoms with Crippen molar-refractivity contribution in [3.8, 4) is 0 Å². The molecule has 1 aliphatic rings. The molecule has 2 atom stereocenters. The molecule has 0 spiro atoms. The van der Waals surface area contributed by atoms with Crippen LogP contribution in [0, 0.1) is 5.92 Å². The summed E-state index contributed by atoms with van der Waals surface area (Å²) < 4.78 is 0. The Balaban J connectivity index is 1.83. The smallest absolute Gasteiger partial charge is 0.253 e. The first-order chi connectivity index (χ1) is 12.6. The summed E-state index contributed by atoms with van der Waals surface area (Å²) in [6, 6.07) is 16.9. The maximum atomic E-state index is 12.9. The number of carbonyl (C=O) groups is 2. The fourth-order valence-electron chi connectivity index (χ4n) is 3.46. The van der Waals surface area contributed by atoms with E-state index in [1.165, 1.54) is 0 Å². The molecule has 0 bridgehead atoms. The Morgan fingerprint density at radius 1 is 1.12 bits per heavy atom. The van der Waals surface area contributed by atoms with Gasteiger partial charge in [0.25, 0.3) is 5.91 Å². The molecule has 0 aromatic heterocycles. The molecule has 1 saturated heterocycles. The van der Waals surface area contributed by atoms with E-state index in [0.717, 1.165) is 12.0 Å². The van der Waals surface area contributed by atoms with Crippen molar-refractivity contribution in [1.82, 2.24) is 10.2 Å². The standard InChI is InChI=1S/C21H23ClN2O2/c1-2-11-23-20(25)19-14-24(13-18(19)15-7-4-3-5-8-15)21(26)16-9-6-10-17(22)12-16/h3-10,12,18-19H,2,11,13-14H2,1H3,(H,23,25). The highest BCUT2D eigenvalue weighted by atomic mass is 35.5. The number of hydrogen-bond donors (Lipinski definition) is 1. The third kappa shape index (κ3) is 4.07. The summed E-state index contributed by atoms with van der Waals surface area (Å²) in [5.41, 5.74) is 1.64. The number of benzene rings is 2. The molecule has 2 unspecified atom stereocenters. The Labute approximate surface area is 159 Å². The molecule has 0 radical (unpaired) electrons. The summed E-state index contributed by atoms with van der Waals surface area (Å²) in [6.45, 7) is 3.62. The van der Waals surface area contributed by atoms with Gasteiger partial charge in [0.2, 0.25) is 5.91 Å². The molecule has 1 heterocycles. The minimum Gasteiger partial charge on any atom is -0.356 e. The molecule has 0 aliphatic carbocycles. The predicted molar refractivity (Wildman–Crippen MR) is 103 cm³/mol. The minimum atomic E-state index is -0.243. The summed E-state index contributed by atoms with van der Waals surface area (Å²) in [6.07, 6.45) is 0.889. The van der Waals surface area contributed by atoms with Crippen molar-refractivity contribution < 1.29 is 9.59 Å². The van der Waals surface area contributed by atoms with Crippen molar-refractivity contribution in [2.75, 3.05) is 19.6 Å². The first kappa shape index (κ1) is 18.5. The SMILES string of the molecule is CCCNC(=O)C1CN(C(=O)c2cccc(Cl)c2)CC1c1ccccc1. The second kappa shape index (κ2) is 8.37. The van der Waals surface area contributed by atoms with Crippen LogP contribution in [0.3, 0.4) is 0 Å². The highest BCUT2D eigenvalue weighted by molar-refractivity contribution is 6.30. The Hall–Kier alpha value is -2.33. The van der Waals surface area contributed by atoms with E-state index >= 15 is 0 Å². The van der Waals surface area contributed by atoms with E-state index in [1.807, 2.05) is 37.3 Å². The second-order valence-corrected chi connectivity index (χ2v) is 7.07. The van der Waals surface area contributed by atoms with Crippen LogP contribution in [0.5, 0.6) is 0 Å². The van der Waals surface area contributed by atoms with E-state index in [1.54, 1.807) is 29.2 Å². The summed E-state index contributed by atoms with van der Waals surface area (Å²) >= 11 is 6.02. The number of hydrogen-bond acceptors (Lipinski definition) is 2. The third-order valence-corrected chi connectivity index (χ3v) is 5.03. The zero-order valence-electron chi connectivity index (χ0n) is 14.8. The summed E-state index contributed by atoms with van der Waals surface area (Å²) in [4.78, 5) is 27.3. The van der Waals surface area contributed by atoms with E-state index in [4.69, 9.17) is 11.6 Å². The molecular weight excluding hydrogens is 348 g/mol. The van der Waals surface area contributed by atoms with E-state index in [9.17, 15) is 9.59 Å². The van der Waals surface area contributed by atoms with Crippen LogP contribution in [0.15, 0.2) is 54.6 Å². The highest BCUT2D eigenvalue weighted by Gasteiger charge is 2.40. The molecule has 1 aliphatic heterocycles. The summed E-state index contributed by atoms with van der Waals surface area (Å²) in [7, 11) is 0. The lowest BCUT2D eigenvalue weighted by atomic mass is 9.88. The number of carbonyl (C=O) groups excluding carboxylic acids is 2. The lowest BCUT2D eigenvalue weighted by molar-refractivity contribution is -0.124. The van der Waals surface area contributed by atoms with Crippen molar-refractivity contribution in [2.45, 2.75) is 19.3 Å². The predicted octanol–water partition coefficient (Wildman–Crippen LogP) is 3.72. The van der Waals surface area contributed by atoms with Crippen LogP contribution in [0.2, 0.25) is 5.02 Å². The molecule has 2 aromatic rings. The van der Waals surface area contributed by atoms with Crippen molar-refractivity contribution >= 4 is 23.4 Å². The average molecular weight is 371 g/mol. The lowest BCUT2D eigenvalue weighted by Crippen LogP contribution is -2.36. The molecule has 3 rings (SSSR count). The highest BCUT2D eigenvalue weighted by Crippen LogP contribution is 2.33. The van der Waals surface area contributed by atoms with Gasteiger partial charge in [0.05, 0.1) is 5.92 Å². The van der Waals surface area contributed by atoms with E-state index in [-0.39, 0.29) is 23.7 Å². The molecular formula is C21H23ClN2O2. The van der Waals surface area contributed by atoms with Gasteiger partial charge in [-0.15, -0.1) is 0 Å². The molecule has 5 heteroatoms. The van der Waals surface area contributed by atoms with Crippen LogP contribution in [-0.4, -0.2) is 36.3 Å². The summed E-state index contributed by atoms with van der Waals surface area (Å²) in [5.74, 6) is -0.315. The molecule has 2 amide bonds. The van der Waals surface area contributed by atoms with Crippen LogP contribution in [-0.2, 0) is 4.79 Å². The van der Waals surface area contributed by atoms with Gasteiger partial charge in [-0.05, 0) is 30.2 Å². The topological polar surface area (TPSA) is 49.4 Å². The van der Waals surface area contributed by atoms with Gasteiger partial charge in [-0.2, -0.15) is 0 Å². The van der Waals surface area contributed by atoms with Gasteiger partial charge in [0.15, 0.2) is 0 Å². The number of rotatable bonds is 5.